The van der Waals surface area contributed by atoms with Gasteiger partial charge in [0.2, 0.25) is 0 Å². The summed E-state index contributed by atoms with van der Waals surface area (Å²) in [6.07, 6.45) is 3.88. The molecule has 1 aromatic rings. The minimum Gasteiger partial charge on any atom is -0.313 e. The molecule has 21 heavy (non-hydrogen) atoms. The molecule has 0 aliphatic carbocycles. The first-order chi connectivity index (χ1) is 10.0. The maximum atomic E-state index is 13.2. The summed E-state index contributed by atoms with van der Waals surface area (Å²) in [4.78, 5) is 0.604. The SMILES string of the molecule is CCCNC(CCC)C(CC)S(=O)c1ccc(F)c(Cl)c1. The van der Waals surface area contributed by atoms with Gasteiger partial charge in [0.05, 0.1) is 21.1 Å². The van der Waals surface area contributed by atoms with Crippen molar-refractivity contribution in [3.63, 3.8) is 0 Å². The van der Waals surface area contributed by atoms with Gasteiger partial charge in [-0.1, -0.05) is 38.8 Å². The first-order valence-electron chi connectivity index (χ1n) is 7.64. The highest BCUT2D eigenvalue weighted by molar-refractivity contribution is 7.85. The summed E-state index contributed by atoms with van der Waals surface area (Å²) in [6, 6.07) is 4.56. The molecule has 0 amide bonds. The average Bonchev–Trinajstić information content (AvgIpc) is 2.48. The van der Waals surface area contributed by atoms with E-state index < -0.39 is 16.6 Å². The van der Waals surface area contributed by atoms with Crippen molar-refractivity contribution in [3.8, 4) is 0 Å². The third-order valence-corrected chi connectivity index (χ3v) is 5.73. The zero-order valence-corrected chi connectivity index (χ0v) is 14.6. The molecule has 0 saturated heterocycles. The third-order valence-electron chi connectivity index (χ3n) is 3.51. The first kappa shape index (κ1) is 18.6. The van der Waals surface area contributed by atoms with Crippen LogP contribution in [0.2, 0.25) is 5.02 Å². The normalized spacial score (nSPS) is 15.7. The summed E-state index contributed by atoms with van der Waals surface area (Å²) in [7, 11) is -1.19. The van der Waals surface area contributed by atoms with Gasteiger partial charge in [-0.25, -0.2) is 4.39 Å². The Morgan fingerprint density at radius 3 is 2.52 bits per heavy atom. The quantitative estimate of drug-likeness (QED) is 0.719. The molecule has 0 aliphatic heterocycles. The maximum absolute atomic E-state index is 13.2. The number of benzene rings is 1. The summed E-state index contributed by atoms with van der Waals surface area (Å²) in [5.41, 5.74) is 0. The smallest absolute Gasteiger partial charge is 0.141 e. The van der Waals surface area contributed by atoms with Gasteiger partial charge in [-0.15, -0.1) is 0 Å². The first-order valence-corrected chi connectivity index (χ1v) is 9.23. The van der Waals surface area contributed by atoms with Crippen LogP contribution in [0.25, 0.3) is 0 Å². The van der Waals surface area contributed by atoms with Crippen LogP contribution in [0.15, 0.2) is 23.1 Å². The highest BCUT2D eigenvalue weighted by Crippen LogP contribution is 2.23. The molecule has 0 radical (unpaired) electrons. The van der Waals surface area contributed by atoms with Gasteiger partial charge in [-0.3, -0.25) is 4.21 Å². The lowest BCUT2D eigenvalue weighted by molar-refractivity contribution is 0.447. The van der Waals surface area contributed by atoms with Crippen LogP contribution in [0.1, 0.15) is 46.5 Å². The lowest BCUT2D eigenvalue weighted by Gasteiger charge is -2.26. The van der Waals surface area contributed by atoms with Crippen molar-refractivity contribution in [2.75, 3.05) is 6.54 Å². The van der Waals surface area contributed by atoms with Crippen molar-refractivity contribution in [1.82, 2.24) is 5.32 Å². The van der Waals surface area contributed by atoms with Crippen molar-refractivity contribution in [3.05, 3.63) is 29.0 Å². The molecule has 3 unspecified atom stereocenters. The lowest BCUT2D eigenvalue weighted by Crippen LogP contribution is -2.42. The number of nitrogens with one attached hydrogen (secondary N) is 1. The second kappa shape index (κ2) is 9.54. The molecule has 5 heteroatoms. The van der Waals surface area contributed by atoms with Crippen LogP contribution in [0.3, 0.4) is 0 Å². The molecule has 1 N–H and O–H groups in total. The molecule has 3 atom stereocenters. The minimum absolute atomic E-state index is 0.0121. The summed E-state index contributed by atoms with van der Waals surface area (Å²) in [5, 5.41) is 3.54. The topological polar surface area (TPSA) is 29.1 Å². The standard InChI is InChI=1S/C16H25ClFNOS/c1-4-7-15(19-10-5-2)16(6-3)21(20)12-8-9-14(18)13(17)11-12/h8-9,11,15-16,19H,4-7,10H2,1-3H3. The molecule has 0 fully saturated rings. The van der Waals surface area contributed by atoms with E-state index in [4.69, 9.17) is 11.6 Å². The van der Waals surface area contributed by atoms with Gasteiger partial charge in [0.15, 0.2) is 0 Å². The maximum Gasteiger partial charge on any atom is 0.141 e. The van der Waals surface area contributed by atoms with Crippen molar-refractivity contribution < 1.29 is 8.60 Å². The highest BCUT2D eigenvalue weighted by atomic mass is 35.5. The second-order valence-electron chi connectivity index (χ2n) is 5.17. The summed E-state index contributed by atoms with van der Waals surface area (Å²) in [6.45, 7) is 7.21. The van der Waals surface area contributed by atoms with Gasteiger partial charge in [0.25, 0.3) is 0 Å². The van der Waals surface area contributed by atoms with Crippen molar-refractivity contribution in [1.29, 1.82) is 0 Å². The molecular formula is C16H25ClFNOS. The van der Waals surface area contributed by atoms with Crippen LogP contribution >= 0.6 is 11.6 Å². The molecular weight excluding hydrogens is 309 g/mol. The van der Waals surface area contributed by atoms with Gasteiger partial charge >= 0.3 is 0 Å². The van der Waals surface area contributed by atoms with E-state index in [1.165, 1.54) is 12.1 Å². The molecule has 0 saturated carbocycles. The average molecular weight is 334 g/mol. The van der Waals surface area contributed by atoms with Crippen LogP contribution in [-0.2, 0) is 10.8 Å². The Hall–Kier alpha value is -0.450. The molecule has 2 nitrogen and oxygen atoms in total. The Balaban J connectivity index is 2.93. The van der Waals surface area contributed by atoms with Gasteiger partial charge in [0, 0.05) is 10.9 Å². The zero-order valence-electron chi connectivity index (χ0n) is 13.0. The molecule has 0 heterocycles. The Labute approximate surface area is 134 Å². The molecule has 120 valence electrons. The number of hydrogen-bond donors (Lipinski definition) is 1. The van der Waals surface area contributed by atoms with Gasteiger partial charge in [0.1, 0.15) is 5.82 Å². The zero-order chi connectivity index (χ0) is 15.8. The van der Waals surface area contributed by atoms with Crippen LogP contribution in [0.4, 0.5) is 4.39 Å². The summed E-state index contributed by atoms with van der Waals surface area (Å²) >= 11 is 5.81. The van der Waals surface area contributed by atoms with Crippen molar-refractivity contribution in [2.24, 2.45) is 0 Å². The highest BCUT2D eigenvalue weighted by Gasteiger charge is 2.26. The molecule has 0 spiro atoms. The fraction of sp³-hybridized carbons (Fsp3) is 0.625. The largest absolute Gasteiger partial charge is 0.313 e. The number of halogens is 2. The Bertz CT molecular complexity index is 470. The minimum atomic E-state index is -1.19. The predicted molar refractivity (Wildman–Crippen MR) is 88.9 cm³/mol. The molecule has 0 aliphatic rings. The van der Waals surface area contributed by atoms with Gasteiger partial charge < -0.3 is 5.32 Å². The summed E-state index contributed by atoms with van der Waals surface area (Å²) in [5.74, 6) is -0.473. The Kier molecular flexibility index (Phi) is 8.45. The van der Waals surface area contributed by atoms with Gasteiger partial charge in [-0.2, -0.15) is 0 Å². The fourth-order valence-electron chi connectivity index (χ4n) is 2.42. The van der Waals surface area contributed by atoms with Crippen LogP contribution in [0.5, 0.6) is 0 Å². The lowest BCUT2D eigenvalue weighted by atomic mass is 10.1. The van der Waals surface area contributed by atoms with Crippen LogP contribution < -0.4 is 5.32 Å². The third kappa shape index (κ3) is 5.35. The van der Waals surface area contributed by atoms with Crippen LogP contribution in [-0.4, -0.2) is 22.0 Å². The van der Waals surface area contributed by atoms with E-state index in [0.717, 1.165) is 32.2 Å². The summed E-state index contributed by atoms with van der Waals surface area (Å²) < 4.78 is 26.1. The molecule has 0 aromatic heterocycles. The number of hydrogen-bond acceptors (Lipinski definition) is 2. The fourth-order valence-corrected chi connectivity index (χ4v) is 4.29. The van der Waals surface area contributed by atoms with E-state index in [0.29, 0.717) is 4.90 Å². The van der Waals surface area contributed by atoms with Gasteiger partial charge in [-0.05, 0) is 44.0 Å². The molecule has 1 aromatic carbocycles. The van der Waals surface area contributed by atoms with E-state index in [2.05, 4.69) is 19.2 Å². The van der Waals surface area contributed by atoms with E-state index in [-0.39, 0.29) is 16.3 Å². The van der Waals surface area contributed by atoms with Crippen molar-refractivity contribution >= 4 is 22.4 Å². The van der Waals surface area contributed by atoms with Crippen molar-refractivity contribution in [2.45, 2.75) is 62.6 Å². The molecule has 0 bridgehead atoms. The van der Waals surface area contributed by atoms with E-state index >= 15 is 0 Å². The predicted octanol–water partition coefficient (Wildman–Crippen LogP) is 4.53. The van der Waals surface area contributed by atoms with E-state index in [1.807, 2.05) is 6.92 Å². The van der Waals surface area contributed by atoms with E-state index in [9.17, 15) is 8.60 Å². The van der Waals surface area contributed by atoms with Crippen LogP contribution in [0, 0.1) is 5.82 Å². The second-order valence-corrected chi connectivity index (χ2v) is 7.25. The number of rotatable bonds is 9. The monoisotopic (exact) mass is 333 g/mol. The van der Waals surface area contributed by atoms with E-state index in [1.54, 1.807) is 6.07 Å². The molecule has 1 rings (SSSR count). The Morgan fingerprint density at radius 2 is 2.00 bits per heavy atom. The Morgan fingerprint density at radius 1 is 1.29 bits per heavy atom.